The predicted octanol–water partition coefficient (Wildman–Crippen LogP) is 2.65. The van der Waals surface area contributed by atoms with Crippen LogP contribution < -0.4 is 10.1 Å². The number of ether oxygens (including phenoxy) is 1. The highest BCUT2D eigenvalue weighted by atomic mass is 32.2. The van der Waals surface area contributed by atoms with Gasteiger partial charge in [-0.25, -0.2) is 8.42 Å². The van der Waals surface area contributed by atoms with Gasteiger partial charge in [0.2, 0.25) is 15.9 Å². The molecule has 0 saturated carbocycles. The number of hydrogen-bond acceptors (Lipinski definition) is 5. The van der Waals surface area contributed by atoms with Gasteiger partial charge in [0.25, 0.3) is 0 Å². The van der Waals surface area contributed by atoms with E-state index in [1.165, 1.54) is 10.4 Å². The lowest BCUT2D eigenvalue weighted by Crippen LogP contribution is -2.31. The number of aromatic nitrogens is 2. The Labute approximate surface area is 172 Å². The molecule has 1 heterocycles. The standard InChI is InChI=1S/C20H30N4O4S/c1-7-24(8-2)29(26,27)19-12-16(10-11-18(19)28-9-3)21-20(25)13-17-14(4)22-23(6)15(17)5/h10-12H,7-9,13H2,1-6H3,(H,21,25). The molecule has 160 valence electrons. The largest absolute Gasteiger partial charge is 0.492 e. The number of nitrogens with one attached hydrogen (secondary N) is 1. The van der Waals surface area contributed by atoms with Crippen LogP contribution in [-0.4, -0.2) is 48.1 Å². The van der Waals surface area contributed by atoms with Crippen LogP contribution in [-0.2, 0) is 28.3 Å². The van der Waals surface area contributed by atoms with Crippen molar-refractivity contribution < 1.29 is 17.9 Å². The second-order valence-corrected chi connectivity index (χ2v) is 8.59. The minimum Gasteiger partial charge on any atom is -0.492 e. The van der Waals surface area contributed by atoms with Crippen molar-refractivity contribution in [2.45, 2.75) is 45.9 Å². The van der Waals surface area contributed by atoms with Crippen molar-refractivity contribution in [2.75, 3.05) is 25.0 Å². The van der Waals surface area contributed by atoms with Crippen molar-refractivity contribution >= 4 is 21.6 Å². The molecule has 0 bridgehead atoms. The number of rotatable bonds is 9. The number of carbonyl (C=O) groups excluding carboxylic acids is 1. The number of benzene rings is 1. The first-order chi connectivity index (χ1) is 13.6. The predicted molar refractivity (Wildman–Crippen MR) is 113 cm³/mol. The van der Waals surface area contributed by atoms with E-state index in [9.17, 15) is 13.2 Å². The maximum absolute atomic E-state index is 13.0. The minimum absolute atomic E-state index is 0.0505. The fraction of sp³-hybridized carbons (Fsp3) is 0.500. The topological polar surface area (TPSA) is 93.5 Å². The van der Waals surface area contributed by atoms with E-state index in [0.717, 1.165) is 17.0 Å². The fourth-order valence-corrected chi connectivity index (χ4v) is 4.82. The van der Waals surface area contributed by atoms with Gasteiger partial charge < -0.3 is 10.1 Å². The van der Waals surface area contributed by atoms with Gasteiger partial charge in [-0.05, 0) is 39.0 Å². The zero-order chi connectivity index (χ0) is 21.8. The SMILES string of the molecule is CCOc1ccc(NC(=O)Cc2c(C)nn(C)c2C)cc1S(=O)(=O)N(CC)CC. The van der Waals surface area contributed by atoms with Crippen LogP contribution in [0.4, 0.5) is 5.69 Å². The van der Waals surface area contributed by atoms with Gasteiger partial charge in [-0.2, -0.15) is 9.40 Å². The van der Waals surface area contributed by atoms with Crippen molar-refractivity contribution in [3.63, 3.8) is 0 Å². The summed E-state index contributed by atoms with van der Waals surface area (Å²) in [6.07, 6.45) is 0.164. The van der Waals surface area contributed by atoms with E-state index in [1.807, 2.05) is 20.9 Å². The third kappa shape index (κ3) is 4.97. The number of aryl methyl sites for hydroxylation is 2. The van der Waals surface area contributed by atoms with E-state index in [4.69, 9.17) is 4.74 Å². The lowest BCUT2D eigenvalue weighted by Gasteiger charge is -2.21. The molecule has 0 radical (unpaired) electrons. The van der Waals surface area contributed by atoms with Crippen LogP contribution in [0.5, 0.6) is 5.75 Å². The Morgan fingerprint density at radius 3 is 2.38 bits per heavy atom. The molecule has 0 saturated heterocycles. The Bertz CT molecular complexity index is 979. The molecule has 2 aromatic rings. The summed E-state index contributed by atoms with van der Waals surface area (Å²) >= 11 is 0. The van der Waals surface area contributed by atoms with Gasteiger partial charge in [0.15, 0.2) is 0 Å². The molecule has 1 N–H and O–H groups in total. The summed E-state index contributed by atoms with van der Waals surface area (Å²) in [6, 6.07) is 4.68. The zero-order valence-corrected chi connectivity index (χ0v) is 18.8. The van der Waals surface area contributed by atoms with Crippen molar-refractivity contribution in [3.8, 4) is 5.75 Å². The molecule has 0 aliphatic carbocycles. The Balaban J connectivity index is 2.33. The Hall–Kier alpha value is -2.39. The van der Waals surface area contributed by atoms with Gasteiger partial charge in [0, 0.05) is 37.1 Å². The maximum Gasteiger partial charge on any atom is 0.246 e. The van der Waals surface area contributed by atoms with Gasteiger partial charge in [-0.1, -0.05) is 13.8 Å². The van der Waals surface area contributed by atoms with Gasteiger partial charge in [0.05, 0.1) is 18.7 Å². The zero-order valence-electron chi connectivity index (χ0n) is 17.9. The molecular weight excluding hydrogens is 392 g/mol. The van der Waals surface area contributed by atoms with Crippen molar-refractivity contribution in [1.82, 2.24) is 14.1 Å². The normalized spacial score (nSPS) is 11.7. The average Bonchev–Trinajstić information content (AvgIpc) is 2.90. The third-order valence-electron chi connectivity index (χ3n) is 4.85. The molecule has 0 spiro atoms. The van der Waals surface area contributed by atoms with Crippen LogP contribution in [0, 0.1) is 13.8 Å². The average molecular weight is 423 g/mol. The van der Waals surface area contributed by atoms with E-state index in [0.29, 0.717) is 25.4 Å². The third-order valence-corrected chi connectivity index (χ3v) is 6.92. The molecule has 0 unspecified atom stereocenters. The second kappa shape index (κ2) is 9.41. The molecule has 1 amide bonds. The van der Waals surface area contributed by atoms with E-state index in [2.05, 4.69) is 10.4 Å². The lowest BCUT2D eigenvalue weighted by atomic mass is 10.1. The summed E-state index contributed by atoms with van der Waals surface area (Å²) in [6.45, 7) is 10.2. The van der Waals surface area contributed by atoms with Gasteiger partial charge >= 0.3 is 0 Å². The smallest absolute Gasteiger partial charge is 0.246 e. The van der Waals surface area contributed by atoms with E-state index in [-0.39, 0.29) is 23.0 Å². The number of hydrogen-bond donors (Lipinski definition) is 1. The molecule has 1 aromatic heterocycles. The first kappa shape index (κ1) is 22.9. The molecule has 2 rings (SSSR count). The summed E-state index contributed by atoms with van der Waals surface area (Å²) in [5, 5.41) is 7.12. The first-order valence-corrected chi connectivity index (χ1v) is 11.2. The molecule has 8 nitrogen and oxygen atoms in total. The molecule has 1 aromatic carbocycles. The Morgan fingerprint density at radius 2 is 1.86 bits per heavy atom. The lowest BCUT2D eigenvalue weighted by molar-refractivity contribution is -0.115. The van der Waals surface area contributed by atoms with Crippen LogP contribution in [0.25, 0.3) is 0 Å². The maximum atomic E-state index is 13.0. The van der Waals surface area contributed by atoms with Crippen LogP contribution in [0.2, 0.25) is 0 Å². The van der Waals surface area contributed by atoms with Gasteiger partial charge in [-0.3, -0.25) is 9.48 Å². The number of amides is 1. The highest BCUT2D eigenvalue weighted by Gasteiger charge is 2.26. The Morgan fingerprint density at radius 1 is 1.21 bits per heavy atom. The van der Waals surface area contributed by atoms with E-state index in [1.54, 1.807) is 37.6 Å². The van der Waals surface area contributed by atoms with E-state index >= 15 is 0 Å². The Kier molecular flexibility index (Phi) is 7.43. The molecule has 29 heavy (non-hydrogen) atoms. The summed E-state index contributed by atoms with van der Waals surface area (Å²) in [5.74, 6) is 0.0379. The number of sulfonamides is 1. The molecule has 0 fully saturated rings. The van der Waals surface area contributed by atoms with Gasteiger partial charge in [-0.15, -0.1) is 0 Å². The van der Waals surface area contributed by atoms with E-state index < -0.39 is 10.0 Å². The van der Waals surface area contributed by atoms with Gasteiger partial charge in [0.1, 0.15) is 10.6 Å². The molecule has 9 heteroatoms. The first-order valence-electron chi connectivity index (χ1n) is 9.71. The molecule has 0 aliphatic heterocycles. The highest BCUT2D eigenvalue weighted by molar-refractivity contribution is 7.89. The number of anilines is 1. The summed E-state index contributed by atoms with van der Waals surface area (Å²) < 4.78 is 34.7. The summed E-state index contributed by atoms with van der Waals surface area (Å²) in [5.41, 5.74) is 3.00. The van der Waals surface area contributed by atoms with Crippen LogP contribution in [0.15, 0.2) is 23.1 Å². The quantitative estimate of drug-likeness (QED) is 0.671. The van der Waals surface area contributed by atoms with Crippen LogP contribution in [0.3, 0.4) is 0 Å². The molecule has 0 atom stereocenters. The number of carbonyl (C=O) groups is 1. The number of nitrogens with zero attached hydrogens (tertiary/aromatic N) is 3. The van der Waals surface area contributed by atoms with Crippen LogP contribution in [0.1, 0.15) is 37.7 Å². The van der Waals surface area contributed by atoms with Crippen molar-refractivity contribution in [2.24, 2.45) is 7.05 Å². The molecule has 0 aliphatic rings. The summed E-state index contributed by atoms with van der Waals surface area (Å²) in [7, 11) is -1.90. The summed E-state index contributed by atoms with van der Waals surface area (Å²) in [4.78, 5) is 12.6. The fourth-order valence-electron chi connectivity index (χ4n) is 3.20. The highest BCUT2D eigenvalue weighted by Crippen LogP contribution is 2.30. The second-order valence-electron chi connectivity index (χ2n) is 6.68. The van der Waals surface area contributed by atoms with Crippen molar-refractivity contribution in [3.05, 3.63) is 35.2 Å². The van der Waals surface area contributed by atoms with Crippen LogP contribution >= 0.6 is 0 Å². The monoisotopic (exact) mass is 422 g/mol. The molecular formula is C20H30N4O4S. The minimum atomic E-state index is -3.74. The van der Waals surface area contributed by atoms with Crippen molar-refractivity contribution in [1.29, 1.82) is 0 Å².